The Labute approximate surface area is 159 Å². The van der Waals surface area contributed by atoms with Crippen molar-refractivity contribution >= 4 is 33.8 Å². The number of nitrogens with one attached hydrogen (secondary N) is 1. The molecule has 0 fully saturated rings. The molecule has 0 amide bonds. The van der Waals surface area contributed by atoms with Gasteiger partial charge in [0.1, 0.15) is 5.75 Å². The van der Waals surface area contributed by atoms with Crippen LogP contribution in [0.15, 0.2) is 36.1 Å². The molecule has 2 heterocycles. The number of pyridine rings is 1. The zero-order valence-corrected chi connectivity index (χ0v) is 16.0. The van der Waals surface area contributed by atoms with Gasteiger partial charge in [0.05, 0.1) is 29.4 Å². The first-order chi connectivity index (χ1) is 12.8. The van der Waals surface area contributed by atoms with Gasteiger partial charge in [-0.05, 0) is 31.5 Å². The Morgan fingerprint density at radius 2 is 2.15 bits per heavy atom. The Morgan fingerprint density at radius 3 is 2.81 bits per heavy atom. The molecule has 0 aliphatic rings. The number of nitrogens with zero attached hydrogens (tertiary/aromatic N) is 2. The molecule has 1 aromatic carbocycles. The van der Waals surface area contributed by atoms with Crippen LogP contribution >= 0.6 is 0 Å². The van der Waals surface area contributed by atoms with Gasteiger partial charge in [-0.2, -0.15) is 4.98 Å². The lowest BCUT2D eigenvalue weighted by atomic mass is 10.1. The summed E-state index contributed by atoms with van der Waals surface area (Å²) in [6.07, 6.45) is 1.70. The van der Waals surface area contributed by atoms with E-state index in [1.807, 2.05) is 13.8 Å². The van der Waals surface area contributed by atoms with Crippen LogP contribution in [0.4, 0.5) is 0 Å². The minimum absolute atomic E-state index is 0.0193. The molecular formula is C19H19N3O4S. The third kappa shape index (κ3) is 3.67. The maximum Gasteiger partial charge on any atom is 0.335 e. The van der Waals surface area contributed by atoms with Crippen molar-refractivity contribution in [1.29, 1.82) is 0 Å². The highest BCUT2D eigenvalue weighted by molar-refractivity contribution is 7.90. The van der Waals surface area contributed by atoms with Crippen LogP contribution < -0.4 is 4.74 Å². The summed E-state index contributed by atoms with van der Waals surface area (Å²) in [5.74, 6) is -0.168. The number of imidazole rings is 1. The standard InChI is InChI=1S/C19H19N3O4S/c1-10-8-20-16(12(3)17(10)26-4)9-27(25)19-21-14-6-5-13(7-15(14)22-19)11(2)18(23)24/h5-8H,2,9H2,1,3-4H3,(H,21,22)(H,23,24). The lowest BCUT2D eigenvalue weighted by Crippen LogP contribution is -2.10. The van der Waals surface area contributed by atoms with Crippen molar-refractivity contribution in [3.63, 3.8) is 0 Å². The average Bonchev–Trinajstić information content (AvgIpc) is 3.07. The zero-order chi connectivity index (χ0) is 19.7. The molecule has 2 N–H and O–H groups in total. The number of methoxy groups -OCH3 is 1. The second kappa shape index (κ2) is 7.42. The normalized spacial score (nSPS) is 12.1. The smallest absolute Gasteiger partial charge is 0.335 e. The second-order valence-electron chi connectivity index (χ2n) is 6.09. The first-order valence-corrected chi connectivity index (χ1v) is 9.43. The number of carboxylic acid groups (broad SMARTS) is 1. The van der Waals surface area contributed by atoms with E-state index in [2.05, 4.69) is 21.5 Å². The lowest BCUT2D eigenvalue weighted by molar-refractivity contribution is -0.130. The molecule has 27 heavy (non-hydrogen) atoms. The number of hydrogen-bond donors (Lipinski definition) is 2. The van der Waals surface area contributed by atoms with Crippen LogP contribution in [0.25, 0.3) is 16.6 Å². The van der Waals surface area contributed by atoms with E-state index >= 15 is 0 Å². The largest absolute Gasteiger partial charge is 0.609 e. The molecule has 0 spiro atoms. The van der Waals surface area contributed by atoms with E-state index in [0.717, 1.165) is 16.9 Å². The van der Waals surface area contributed by atoms with Crippen molar-refractivity contribution in [1.82, 2.24) is 15.0 Å². The molecule has 3 aromatic rings. The van der Waals surface area contributed by atoms with Crippen LogP contribution in [0.3, 0.4) is 0 Å². The fourth-order valence-electron chi connectivity index (χ4n) is 2.81. The number of rotatable bonds is 6. The average molecular weight is 385 g/mol. The number of fused-ring (bicyclic) bond motifs is 1. The van der Waals surface area contributed by atoms with Gasteiger partial charge in [-0.25, -0.2) is 4.79 Å². The summed E-state index contributed by atoms with van der Waals surface area (Å²) in [6.45, 7) is 7.33. The van der Waals surface area contributed by atoms with Gasteiger partial charge in [0.15, 0.2) is 5.75 Å². The number of carboxylic acids is 1. The van der Waals surface area contributed by atoms with Crippen LogP contribution in [0.2, 0.25) is 0 Å². The van der Waals surface area contributed by atoms with Crippen molar-refractivity contribution in [3.05, 3.63) is 53.4 Å². The fraction of sp³-hybridized carbons (Fsp3) is 0.211. The van der Waals surface area contributed by atoms with Crippen molar-refractivity contribution < 1.29 is 19.2 Å². The van der Waals surface area contributed by atoms with Crippen molar-refractivity contribution in [2.45, 2.75) is 24.8 Å². The van der Waals surface area contributed by atoms with Gasteiger partial charge in [0.25, 0.3) is 0 Å². The fourth-order valence-corrected chi connectivity index (χ4v) is 3.91. The number of aliphatic carboxylic acids is 1. The summed E-state index contributed by atoms with van der Waals surface area (Å²) in [5, 5.41) is 9.37. The molecule has 7 nitrogen and oxygen atoms in total. The van der Waals surface area contributed by atoms with E-state index in [1.54, 1.807) is 31.5 Å². The molecule has 8 heteroatoms. The predicted molar refractivity (Wildman–Crippen MR) is 103 cm³/mol. The van der Waals surface area contributed by atoms with Crippen LogP contribution in [0.5, 0.6) is 5.75 Å². The highest BCUT2D eigenvalue weighted by Gasteiger charge is 2.21. The molecule has 1 atom stereocenters. The first kappa shape index (κ1) is 18.9. The molecule has 3 rings (SSSR count). The van der Waals surface area contributed by atoms with Crippen LogP contribution in [-0.2, 0) is 21.7 Å². The molecule has 0 saturated carbocycles. The zero-order valence-electron chi connectivity index (χ0n) is 15.2. The number of hydrogen-bond acceptors (Lipinski definition) is 5. The molecule has 0 radical (unpaired) electrons. The van der Waals surface area contributed by atoms with Gasteiger partial charge in [0.2, 0.25) is 0 Å². The summed E-state index contributed by atoms with van der Waals surface area (Å²) in [6, 6.07) is 4.95. The summed E-state index contributed by atoms with van der Waals surface area (Å²) in [5.41, 5.74) is 4.09. The Bertz CT molecular complexity index is 1040. The molecule has 1 unspecified atom stereocenters. The third-order valence-corrected chi connectivity index (χ3v) is 5.46. The molecule has 0 saturated heterocycles. The predicted octanol–water partition coefficient (Wildman–Crippen LogP) is 2.99. The van der Waals surface area contributed by atoms with Crippen LogP contribution in [-0.4, -0.2) is 37.7 Å². The van der Waals surface area contributed by atoms with Gasteiger partial charge in [-0.3, -0.25) is 9.97 Å². The molecule has 0 aliphatic carbocycles. The monoisotopic (exact) mass is 385 g/mol. The SMILES string of the molecule is C=C(C(=O)O)c1ccc2[nH]c([S+]([O-])Cc3ncc(C)c(OC)c3C)nc2c1. The van der Waals surface area contributed by atoms with Crippen molar-refractivity contribution in [2.75, 3.05) is 7.11 Å². The Hall–Kier alpha value is -2.84. The Balaban J connectivity index is 1.89. The maximum absolute atomic E-state index is 12.8. The number of H-pyrrole nitrogens is 1. The van der Waals surface area contributed by atoms with E-state index in [9.17, 15) is 9.35 Å². The lowest BCUT2D eigenvalue weighted by Gasteiger charge is -2.13. The van der Waals surface area contributed by atoms with Gasteiger partial charge >= 0.3 is 11.1 Å². The summed E-state index contributed by atoms with van der Waals surface area (Å²) >= 11 is -1.44. The minimum atomic E-state index is -1.44. The first-order valence-electron chi connectivity index (χ1n) is 8.11. The number of benzene rings is 1. The molecule has 0 aliphatic heterocycles. The third-order valence-electron chi connectivity index (χ3n) is 4.30. The number of ether oxygens (including phenoxy) is 1. The quantitative estimate of drug-likeness (QED) is 0.498. The Morgan fingerprint density at radius 1 is 1.41 bits per heavy atom. The van der Waals surface area contributed by atoms with E-state index < -0.39 is 17.1 Å². The topological polar surface area (TPSA) is 111 Å². The minimum Gasteiger partial charge on any atom is -0.609 e. The number of carbonyl (C=O) groups is 1. The second-order valence-corrected chi connectivity index (χ2v) is 7.46. The number of aryl methyl sites for hydroxylation is 1. The van der Waals surface area contributed by atoms with Gasteiger partial charge in [0, 0.05) is 28.5 Å². The van der Waals surface area contributed by atoms with Crippen LogP contribution in [0.1, 0.15) is 22.4 Å². The summed E-state index contributed by atoms with van der Waals surface area (Å²) in [7, 11) is 1.60. The van der Waals surface area contributed by atoms with Crippen LogP contribution in [0, 0.1) is 13.8 Å². The van der Waals surface area contributed by atoms with Crippen molar-refractivity contribution in [2.24, 2.45) is 0 Å². The Kier molecular flexibility index (Phi) is 5.20. The van der Waals surface area contributed by atoms with Crippen molar-refractivity contribution in [3.8, 4) is 5.75 Å². The highest BCUT2D eigenvalue weighted by Crippen LogP contribution is 2.27. The summed E-state index contributed by atoms with van der Waals surface area (Å²) in [4.78, 5) is 22.8. The van der Waals surface area contributed by atoms with Gasteiger partial charge < -0.3 is 14.4 Å². The van der Waals surface area contributed by atoms with E-state index in [-0.39, 0.29) is 11.3 Å². The van der Waals surface area contributed by atoms with E-state index in [4.69, 9.17) is 9.84 Å². The van der Waals surface area contributed by atoms with Gasteiger partial charge in [-0.15, -0.1) is 0 Å². The number of aromatic amines is 1. The maximum atomic E-state index is 12.8. The summed E-state index contributed by atoms with van der Waals surface area (Å²) < 4.78 is 18.2. The van der Waals surface area contributed by atoms with E-state index in [1.165, 1.54) is 0 Å². The molecule has 2 aromatic heterocycles. The molecule has 0 bridgehead atoms. The number of aromatic nitrogens is 3. The van der Waals surface area contributed by atoms with Gasteiger partial charge in [-0.1, -0.05) is 12.6 Å². The molecular weight excluding hydrogens is 366 g/mol. The highest BCUT2D eigenvalue weighted by atomic mass is 32.2. The molecule has 140 valence electrons. The van der Waals surface area contributed by atoms with E-state index in [0.29, 0.717) is 27.4 Å².